The number of likely N-dealkylation sites (tertiary alicyclic amines) is 1. The number of esters is 1. The molecule has 3 heterocycles. The van der Waals surface area contributed by atoms with Crippen LogP contribution in [0.4, 0.5) is 0 Å². The molecule has 2 saturated heterocycles. The number of ether oxygens (including phenoxy) is 3. The Labute approximate surface area is 296 Å². The SMILES string of the molecule is CCC1OC(=O)CC(O)C(C)C(OC2OC(C)C(O)C(N(C)C)C2O)C(CCN2CCCCC2)CC(C)C(=O)/C=C/C(C)=C/C1CI. The Morgan fingerprint density at radius 3 is 2.34 bits per heavy atom. The molecule has 0 amide bonds. The van der Waals surface area contributed by atoms with Gasteiger partial charge in [0.2, 0.25) is 0 Å². The van der Waals surface area contributed by atoms with Crippen LogP contribution >= 0.6 is 22.6 Å². The fraction of sp³-hybridized carbons (Fsp3) is 0.833. The molecule has 10 nitrogen and oxygen atoms in total. The highest BCUT2D eigenvalue weighted by atomic mass is 127. The number of alkyl halides is 1. The van der Waals surface area contributed by atoms with Crippen LogP contribution in [0.1, 0.15) is 79.6 Å². The summed E-state index contributed by atoms with van der Waals surface area (Å²) in [5.41, 5.74) is 0.931. The molecule has 3 N–H and O–H groups in total. The lowest BCUT2D eigenvalue weighted by atomic mass is 9.79. The van der Waals surface area contributed by atoms with Gasteiger partial charge in [0.25, 0.3) is 0 Å². The Hall–Kier alpha value is -0.930. The maximum Gasteiger partial charge on any atom is 0.308 e. The van der Waals surface area contributed by atoms with E-state index >= 15 is 0 Å². The molecule has 11 heteroatoms. The minimum atomic E-state index is -1.17. The molecule has 0 saturated carbocycles. The summed E-state index contributed by atoms with van der Waals surface area (Å²) in [4.78, 5) is 31.0. The fourth-order valence-corrected chi connectivity index (χ4v) is 8.18. The number of hydrogen-bond donors (Lipinski definition) is 3. The summed E-state index contributed by atoms with van der Waals surface area (Å²) < 4.78 is 19.5. The number of rotatable bonds is 8. The van der Waals surface area contributed by atoms with Crippen molar-refractivity contribution in [2.45, 2.75) is 129 Å². The number of nitrogens with zero attached hydrogens (tertiary/aromatic N) is 2. The van der Waals surface area contributed by atoms with E-state index < -0.39 is 54.7 Å². The van der Waals surface area contributed by atoms with Crippen LogP contribution in [0.15, 0.2) is 23.8 Å². The number of carbonyl (C=O) groups excluding carboxylic acids is 2. The summed E-state index contributed by atoms with van der Waals surface area (Å²) in [6.07, 6.45) is 4.81. The monoisotopic (exact) mass is 776 g/mol. The van der Waals surface area contributed by atoms with Gasteiger partial charge in [-0.05, 0) is 91.7 Å². The van der Waals surface area contributed by atoms with Crippen LogP contribution in [0.2, 0.25) is 0 Å². The van der Waals surface area contributed by atoms with Gasteiger partial charge < -0.3 is 39.3 Å². The number of allylic oxidation sites excluding steroid dienone is 3. The van der Waals surface area contributed by atoms with Crippen LogP contribution in [-0.4, -0.2) is 124 Å². The third-order valence-electron chi connectivity index (χ3n) is 10.4. The molecule has 3 aliphatic rings. The molecule has 0 aromatic rings. The van der Waals surface area contributed by atoms with Gasteiger partial charge in [-0.15, -0.1) is 0 Å². The first-order valence-electron chi connectivity index (χ1n) is 17.7. The molecule has 0 aromatic carbocycles. The number of likely N-dealkylation sites (N-methyl/N-ethyl adjacent to an activating group) is 1. The van der Waals surface area contributed by atoms with E-state index in [1.807, 2.05) is 33.8 Å². The van der Waals surface area contributed by atoms with E-state index in [9.17, 15) is 24.9 Å². The lowest BCUT2D eigenvalue weighted by Crippen LogP contribution is -2.63. The summed E-state index contributed by atoms with van der Waals surface area (Å²) in [5, 5.41) is 33.9. The maximum atomic E-state index is 13.5. The minimum Gasteiger partial charge on any atom is -0.462 e. The van der Waals surface area contributed by atoms with Gasteiger partial charge in [-0.1, -0.05) is 67.5 Å². The Balaban J connectivity index is 2.02. The molecule has 0 bridgehead atoms. The largest absolute Gasteiger partial charge is 0.462 e. The Morgan fingerprint density at radius 2 is 1.72 bits per heavy atom. The summed E-state index contributed by atoms with van der Waals surface area (Å²) in [6.45, 7) is 12.3. The molecule has 0 radical (unpaired) electrons. The molecule has 2 fully saturated rings. The number of piperidine rings is 1. The Kier molecular flexibility index (Phi) is 16.8. The highest BCUT2D eigenvalue weighted by molar-refractivity contribution is 14.1. The van der Waals surface area contributed by atoms with Gasteiger partial charge >= 0.3 is 5.97 Å². The van der Waals surface area contributed by atoms with Gasteiger partial charge in [0.05, 0.1) is 36.9 Å². The van der Waals surface area contributed by atoms with Crippen LogP contribution in [0.5, 0.6) is 0 Å². The normalized spacial score (nSPS) is 40.9. The maximum absolute atomic E-state index is 13.5. The zero-order valence-electron chi connectivity index (χ0n) is 29.6. The van der Waals surface area contributed by atoms with Crippen molar-refractivity contribution < 1.29 is 39.1 Å². The van der Waals surface area contributed by atoms with Gasteiger partial charge in [-0.2, -0.15) is 0 Å². The third kappa shape index (κ3) is 11.6. The lowest BCUT2D eigenvalue weighted by molar-refractivity contribution is -0.304. The van der Waals surface area contributed by atoms with Gasteiger partial charge in [0, 0.05) is 22.2 Å². The highest BCUT2D eigenvalue weighted by Gasteiger charge is 2.47. The fourth-order valence-electron chi connectivity index (χ4n) is 7.36. The average molecular weight is 777 g/mol. The van der Waals surface area contributed by atoms with E-state index in [-0.39, 0.29) is 36.1 Å². The molecule has 12 atom stereocenters. The van der Waals surface area contributed by atoms with E-state index in [0.29, 0.717) is 19.3 Å². The van der Waals surface area contributed by atoms with Gasteiger partial charge in [0.15, 0.2) is 12.1 Å². The number of cyclic esters (lactones) is 1. The summed E-state index contributed by atoms with van der Waals surface area (Å²) >= 11 is 2.29. The Morgan fingerprint density at radius 1 is 1.04 bits per heavy atom. The zero-order chi connectivity index (χ0) is 34.8. The first kappa shape index (κ1) is 40.5. The van der Waals surface area contributed by atoms with Crippen molar-refractivity contribution in [3.05, 3.63) is 23.8 Å². The molecule has 0 spiro atoms. The van der Waals surface area contributed by atoms with Crippen LogP contribution in [-0.2, 0) is 23.8 Å². The second-order valence-electron chi connectivity index (χ2n) is 14.4. The first-order chi connectivity index (χ1) is 22.3. The number of aliphatic hydroxyl groups is 3. The summed E-state index contributed by atoms with van der Waals surface area (Å²) in [7, 11) is 3.59. The van der Waals surface area contributed by atoms with Gasteiger partial charge in [-0.25, -0.2) is 0 Å². The second kappa shape index (κ2) is 19.5. The van der Waals surface area contributed by atoms with E-state index in [1.54, 1.807) is 32.0 Å². The average Bonchev–Trinajstić information content (AvgIpc) is 3.04. The second-order valence-corrected chi connectivity index (χ2v) is 15.2. The number of hydrogen-bond acceptors (Lipinski definition) is 10. The number of ketones is 1. The molecule has 0 aromatic heterocycles. The topological polar surface area (TPSA) is 129 Å². The van der Waals surface area contributed by atoms with Crippen molar-refractivity contribution in [1.82, 2.24) is 9.80 Å². The van der Waals surface area contributed by atoms with Crippen LogP contribution in [0, 0.1) is 23.7 Å². The predicted molar refractivity (Wildman–Crippen MR) is 191 cm³/mol. The zero-order valence-corrected chi connectivity index (χ0v) is 31.8. The van der Waals surface area contributed by atoms with Crippen molar-refractivity contribution in [1.29, 1.82) is 0 Å². The van der Waals surface area contributed by atoms with Crippen molar-refractivity contribution in [3.63, 3.8) is 0 Å². The highest BCUT2D eigenvalue weighted by Crippen LogP contribution is 2.35. The lowest BCUT2D eigenvalue weighted by Gasteiger charge is -2.47. The third-order valence-corrected chi connectivity index (χ3v) is 11.4. The predicted octanol–water partition coefficient (Wildman–Crippen LogP) is 4.13. The molecule has 47 heavy (non-hydrogen) atoms. The minimum absolute atomic E-state index is 0.0163. The van der Waals surface area contributed by atoms with Crippen LogP contribution < -0.4 is 0 Å². The number of carbonyl (C=O) groups is 2. The molecular weight excluding hydrogens is 715 g/mol. The van der Waals surface area contributed by atoms with Crippen molar-refractivity contribution in [2.24, 2.45) is 23.7 Å². The number of halogens is 1. The molecule has 3 aliphatic heterocycles. The van der Waals surface area contributed by atoms with Crippen molar-refractivity contribution in [3.8, 4) is 0 Å². The van der Waals surface area contributed by atoms with Crippen molar-refractivity contribution in [2.75, 3.05) is 38.2 Å². The summed E-state index contributed by atoms with van der Waals surface area (Å²) in [6, 6.07) is -0.629. The first-order valence-corrected chi connectivity index (χ1v) is 19.2. The van der Waals surface area contributed by atoms with Crippen LogP contribution in [0.25, 0.3) is 0 Å². The summed E-state index contributed by atoms with van der Waals surface area (Å²) in [5.74, 6) is -1.57. The number of aliphatic hydroxyl groups excluding tert-OH is 3. The van der Waals surface area contributed by atoms with E-state index in [0.717, 1.165) is 42.5 Å². The van der Waals surface area contributed by atoms with Crippen LogP contribution in [0.3, 0.4) is 0 Å². The molecule has 3 rings (SSSR count). The molecular formula is C36H61IN2O8. The standard InChI is InChI=1S/C36H61IN2O8/c1-8-30-27(21-37)18-22(2)12-13-28(40)23(3)19-26(14-17-39-15-10-9-11-16-39)35(24(4)29(41)20-31(42)46-30)47-36-34(44)32(38(6)7)33(43)25(5)45-36/h12-13,18,23-27,29-30,32-36,41,43-44H,8-11,14-17,19-21H2,1-7H3/b13-12+,22-18+. The molecule has 270 valence electrons. The smallest absolute Gasteiger partial charge is 0.308 e. The molecule has 0 aliphatic carbocycles. The van der Waals surface area contributed by atoms with Gasteiger partial charge in [0.1, 0.15) is 12.2 Å². The van der Waals surface area contributed by atoms with Gasteiger partial charge in [-0.3, -0.25) is 9.59 Å². The molecule has 12 unspecified atom stereocenters. The van der Waals surface area contributed by atoms with E-state index in [2.05, 4.69) is 33.6 Å². The van der Waals surface area contributed by atoms with Crippen molar-refractivity contribution >= 4 is 34.3 Å². The quantitative estimate of drug-likeness (QED) is 0.188. The van der Waals surface area contributed by atoms with E-state index in [4.69, 9.17) is 14.2 Å². The van der Waals surface area contributed by atoms with E-state index in [1.165, 1.54) is 6.42 Å². The Bertz CT molecular complexity index is 1050.